The number of carbonyl (C=O) groups excluding carboxylic acids is 11. The number of thiol groups is 1. The molecule has 11 amide bonds. The van der Waals surface area contributed by atoms with Crippen molar-refractivity contribution in [3.8, 4) is 0 Å². The quantitative estimate of drug-likeness (QED) is 0.0117. The van der Waals surface area contributed by atoms with Gasteiger partial charge in [0.1, 0.15) is 54.4 Å². The van der Waals surface area contributed by atoms with Gasteiger partial charge in [0.15, 0.2) is 11.9 Å². The number of guanidine groups is 2. The molecule has 494 valence electrons. The number of hydrogen-bond donors (Lipinski definition) is 20. The Bertz CT molecular complexity index is 2430. The van der Waals surface area contributed by atoms with Crippen molar-refractivity contribution in [1.82, 2.24) is 53.2 Å². The molecule has 0 fully saturated rings. The topological polar surface area (TPSA) is 584 Å². The van der Waals surface area contributed by atoms with E-state index in [0.717, 1.165) is 0 Å². The van der Waals surface area contributed by atoms with Crippen LogP contribution in [0.3, 0.4) is 0 Å². The molecule has 0 aliphatic heterocycles. The average molecular weight is 1260 g/mol. The Labute approximate surface area is 510 Å². The van der Waals surface area contributed by atoms with Gasteiger partial charge in [-0.15, -0.1) is 0 Å². The molecule has 0 aromatic carbocycles. The zero-order valence-corrected chi connectivity index (χ0v) is 51.7. The Hall–Kier alpha value is -8.08. The molecule has 34 nitrogen and oxygen atoms in total. The predicted octanol–water partition coefficient (Wildman–Crippen LogP) is -6.56. The number of aliphatic hydroxyl groups excluding tert-OH is 1. The van der Waals surface area contributed by atoms with Gasteiger partial charge in [-0.1, -0.05) is 68.2 Å². The van der Waals surface area contributed by atoms with Gasteiger partial charge >= 0.3 is 11.9 Å². The maximum Gasteiger partial charge on any atom is 0.326 e. The van der Waals surface area contributed by atoms with Gasteiger partial charge in [-0.05, 0) is 62.7 Å². The molecule has 0 unspecified atom stereocenters. The summed E-state index contributed by atoms with van der Waals surface area (Å²) in [4.78, 5) is 179. The lowest BCUT2D eigenvalue weighted by Gasteiger charge is -2.31. The molecule has 0 bridgehead atoms. The third kappa shape index (κ3) is 30.7. The molecule has 0 saturated carbocycles. The zero-order valence-electron chi connectivity index (χ0n) is 50.8. The second kappa shape index (κ2) is 40.3. The standard InChI is InChI=1S/C52H94N18O16S/c1-10-25(7)38(47(82)62-29(14-12-16-59-51(55)56)42(77)64-31(18-23(3)4)44(79)66-33(22-87)45(80)65-32(50(85)86)20-34(54)72)68-43(78)30(15-13-17-60-52(57)58)63-49(84)40(27(9)71)70-48(83)39(26(8)11-2)69-46(81)37(24(5)6)67-35(73)21-61-41(76)28(53)19-36(74)75/h23-33,37-40,71,87H,10-22,53H2,1-9H3,(H2,54,72)(H,61,76)(H,62,82)(H,63,84)(H,64,77)(H,65,80)(H,66,79)(H,67,73)(H,68,78)(H,69,81)(H,70,83)(H,74,75)(H,85,86)(H4,55,56,59)(H4,57,58,60)/t25-,26-,27+,28-,29-,30-,31-,32-,33-,37-,38-,39-,40-/m0/s1. The smallest absolute Gasteiger partial charge is 0.326 e. The molecule has 0 radical (unpaired) electrons. The fraction of sp³-hybridized carbons (Fsp3) is 0.712. The minimum absolute atomic E-state index is 0.0179. The highest BCUT2D eigenvalue weighted by molar-refractivity contribution is 7.80. The van der Waals surface area contributed by atoms with Gasteiger partial charge < -0.3 is 103 Å². The summed E-state index contributed by atoms with van der Waals surface area (Å²) in [6.45, 7) is 13.7. The first-order valence-electron chi connectivity index (χ1n) is 28.4. The molecule has 0 spiro atoms. The van der Waals surface area contributed by atoms with Crippen molar-refractivity contribution in [2.45, 2.75) is 187 Å². The van der Waals surface area contributed by atoms with E-state index in [1.807, 2.05) is 0 Å². The van der Waals surface area contributed by atoms with Crippen LogP contribution in [0.25, 0.3) is 0 Å². The van der Waals surface area contributed by atoms with E-state index >= 15 is 0 Å². The van der Waals surface area contributed by atoms with Crippen LogP contribution in [0.1, 0.15) is 120 Å². The van der Waals surface area contributed by atoms with Gasteiger partial charge in [0.05, 0.1) is 31.5 Å². The first kappa shape index (κ1) is 78.9. The molecule has 0 aliphatic rings. The number of carboxylic acid groups (broad SMARTS) is 2. The summed E-state index contributed by atoms with van der Waals surface area (Å²) in [5, 5.41) is 54.1. The van der Waals surface area contributed by atoms with E-state index in [9.17, 15) is 72.5 Å². The molecule has 0 heterocycles. The number of aliphatic imine (C=N–C) groups is 2. The lowest BCUT2D eigenvalue weighted by atomic mass is 9.95. The molecular weight excluding hydrogens is 1160 g/mol. The Morgan fingerprint density at radius 1 is 0.483 bits per heavy atom. The van der Waals surface area contributed by atoms with E-state index in [0.29, 0.717) is 0 Å². The summed E-state index contributed by atoms with van der Waals surface area (Å²) >= 11 is 4.12. The molecule has 25 N–H and O–H groups in total. The minimum atomic E-state index is -1.79. The number of aliphatic carboxylic acids is 2. The fourth-order valence-corrected chi connectivity index (χ4v) is 8.33. The van der Waals surface area contributed by atoms with E-state index in [1.54, 1.807) is 55.4 Å². The Morgan fingerprint density at radius 3 is 1.29 bits per heavy atom. The largest absolute Gasteiger partial charge is 0.481 e. The summed E-state index contributed by atoms with van der Waals surface area (Å²) in [5.41, 5.74) is 32.8. The number of nitrogens with zero attached hydrogens (tertiary/aromatic N) is 2. The number of carbonyl (C=O) groups is 13. The van der Waals surface area contributed by atoms with Crippen molar-refractivity contribution in [2.24, 2.45) is 68.1 Å². The van der Waals surface area contributed by atoms with Crippen LogP contribution in [0, 0.1) is 23.7 Å². The fourth-order valence-electron chi connectivity index (χ4n) is 8.07. The van der Waals surface area contributed by atoms with Crippen LogP contribution in [0.15, 0.2) is 9.98 Å². The predicted molar refractivity (Wildman–Crippen MR) is 321 cm³/mol. The Kier molecular flexibility index (Phi) is 36.6. The van der Waals surface area contributed by atoms with Crippen molar-refractivity contribution in [3.63, 3.8) is 0 Å². The van der Waals surface area contributed by atoms with E-state index in [-0.39, 0.29) is 81.6 Å². The average Bonchev–Trinajstić information content (AvgIpc) is 2.23. The van der Waals surface area contributed by atoms with Gasteiger partial charge in [-0.2, -0.15) is 12.6 Å². The third-order valence-corrected chi connectivity index (χ3v) is 13.8. The first-order valence-corrected chi connectivity index (χ1v) is 29.0. The number of nitrogens with two attached hydrogens (primary N) is 6. The van der Waals surface area contributed by atoms with Crippen LogP contribution in [0.4, 0.5) is 0 Å². The van der Waals surface area contributed by atoms with Gasteiger partial charge in [0, 0.05) is 18.8 Å². The summed E-state index contributed by atoms with van der Waals surface area (Å²) in [5.74, 6) is -16.4. The lowest BCUT2D eigenvalue weighted by Crippen LogP contribution is -2.63. The van der Waals surface area contributed by atoms with Crippen LogP contribution in [0.5, 0.6) is 0 Å². The number of nitrogens with one attached hydrogen (secondary N) is 10. The van der Waals surface area contributed by atoms with E-state index in [4.69, 9.17) is 39.5 Å². The van der Waals surface area contributed by atoms with E-state index < -0.39 is 181 Å². The highest BCUT2D eigenvalue weighted by Crippen LogP contribution is 2.15. The number of aliphatic hydroxyl groups is 1. The molecule has 0 aliphatic carbocycles. The van der Waals surface area contributed by atoms with Crippen LogP contribution in [-0.4, -0.2) is 196 Å². The SMILES string of the molecule is CC[C@H](C)[C@H](NC(=O)[C@H](CCCN=C(N)N)NC(=O)[C@@H](NC(=O)[C@@H](NC(=O)[C@@H](NC(=O)CNC(=O)[C@@H](N)CC(=O)O)C(C)C)[C@@H](C)CC)[C@@H](C)O)C(=O)N[C@@H](CCCN=C(N)N)C(=O)N[C@@H](CC(C)C)C(=O)N[C@@H](CS)C(=O)N[C@@H](CC(N)=O)C(=O)O. The number of rotatable bonds is 42. The second-order valence-electron chi connectivity index (χ2n) is 21.7. The van der Waals surface area contributed by atoms with Gasteiger partial charge in [0.25, 0.3) is 0 Å². The number of hydrogen-bond acceptors (Lipinski definition) is 18. The third-order valence-electron chi connectivity index (χ3n) is 13.4. The summed E-state index contributed by atoms with van der Waals surface area (Å²) in [6, 6.07) is -14.9. The number of amides is 11. The van der Waals surface area contributed by atoms with Crippen LogP contribution < -0.4 is 87.6 Å². The molecule has 0 rings (SSSR count). The maximum atomic E-state index is 14.5. The normalized spacial score (nSPS) is 15.6. The van der Waals surface area contributed by atoms with Crippen molar-refractivity contribution in [2.75, 3.05) is 25.4 Å². The monoisotopic (exact) mass is 1260 g/mol. The molecule has 0 saturated heterocycles. The molecule has 35 heteroatoms. The first-order chi connectivity index (χ1) is 40.5. The summed E-state index contributed by atoms with van der Waals surface area (Å²) in [6.07, 6.45) is -2.82. The molecule has 0 aromatic heterocycles. The summed E-state index contributed by atoms with van der Waals surface area (Å²) in [7, 11) is 0. The van der Waals surface area contributed by atoms with Gasteiger partial charge in [0.2, 0.25) is 65.0 Å². The molecule has 13 atom stereocenters. The lowest BCUT2D eigenvalue weighted by molar-refractivity contribution is -0.143. The Morgan fingerprint density at radius 2 is 0.874 bits per heavy atom. The van der Waals surface area contributed by atoms with Crippen LogP contribution >= 0.6 is 12.6 Å². The van der Waals surface area contributed by atoms with Crippen molar-refractivity contribution < 1.29 is 77.6 Å². The molecular formula is C52H94N18O16S. The number of carboxylic acids is 2. The van der Waals surface area contributed by atoms with Crippen LogP contribution in [-0.2, 0) is 62.3 Å². The van der Waals surface area contributed by atoms with Gasteiger partial charge in [-0.25, -0.2) is 4.79 Å². The van der Waals surface area contributed by atoms with E-state index in [1.165, 1.54) is 6.92 Å². The maximum absolute atomic E-state index is 14.5. The summed E-state index contributed by atoms with van der Waals surface area (Å²) < 4.78 is 0. The molecule has 0 aromatic rings. The minimum Gasteiger partial charge on any atom is -0.481 e. The number of primary amides is 1. The zero-order chi connectivity index (χ0) is 67.0. The van der Waals surface area contributed by atoms with Crippen molar-refractivity contribution in [1.29, 1.82) is 0 Å². The highest BCUT2D eigenvalue weighted by atomic mass is 32.1. The van der Waals surface area contributed by atoms with Crippen molar-refractivity contribution in [3.05, 3.63) is 0 Å². The van der Waals surface area contributed by atoms with E-state index in [2.05, 4.69) is 75.8 Å². The molecule has 87 heavy (non-hydrogen) atoms. The van der Waals surface area contributed by atoms with Crippen molar-refractivity contribution >= 4 is 101 Å². The second-order valence-corrected chi connectivity index (χ2v) is 22.1. The Balaban J connectivity index is 6.99. The van der Waals surface area contributed by atoms with Gasteiger partial charge in [-0.3, -0.25) is 67.5 Å². The highest BCUT2D eigenvalue weighted by Gasteiger charge is 2.38. The van der Waals surface area contributed by atoms with Crippen LogP contribution in [0.2, 0.25) is 0 Å².